The molecule has 0 saturated heterocycles. The number of rotatable bonds is 7. The Morgan fingerprint density at radius 1 is 1.35 bits per heavy atom. The van der Waals surface area contributed by atoms with Gasteiger partial charge < -0.3 is 4.74 Å². The molecule has 0 fully saturated rings. The minimum Gasteiger partial charge on any atom is -0.478 e. The summed E-state index contributed by atoms with van der Waals surface area (Å²) >= 11 is 1.34. The number of benzene rings is 1. The molecule has 1 atom stereocenters. The highest BCUT2D eigenvalue weighted by molar-refractivity contribution is 7.15. The molecule has 2 rings (SSSR count). The number of ether oxygens (including phenoxy) is 1. The van der Waals surface area contributed by atoms with Crippen molar-refractivity contribution in [2.75, 3.05) is 5.32 Å². The second-order valence-electron chi connectivity index (χ2n) is 5.53. The predicted molar refractivity (Wildman–Crippen MR) is 88.2 cm³/mol. The number of halogens is 1. The minimum atomic E-state index is -0.788. The Bertz CT molecular complexity index is 660. The summed E-state index contributed by atoms with van der Waals surface area (Å²) in [5, 5.41) is 12.0. The van der Waals surface area contributed by atoms with E-state index in [1.165, 1.54) is 23.5 Å². The number of hydrogen-bond acceptors (Lipinski definition) is 5. The molecule has 0 radical (unpaired) electrons. The maximum atomic E-state index is 13.6. The number of hydrogen-bond donors (Lipinski definition) is 1. The van der Waals surface area contributed by atoms with Crippen LogP contribution in [0.5, 0.6) is 5.75 Å². The van der Waals surface area contributed by atoms with Crippen molar-refractivity contribution in [3.8, 4) is 5.75 Å². The molecule has 0 aliphatic carbocycles. The van der Waals surface area contributed by atoms with Crippen LogP contribution in [0.15, 0.2) is 24.3 Å². The van der Waals surface area contributed by atoms with Gasteiger partial charge in [-0.05, 0) is 24.5 Å². The van der Waals surface area contributed by atoms with Gasteiger partial charge in [0.15, 0.2) is 17.7 Å². The van der Waals surface area contributed by atoms with Gasteiger partial charge in [-0.15, -0.1) is 10.2 Å². The number of nitrogens with zero attached hydrogens (tertiary/aromatic N) is 2. The van der Waals surface area contributed by atoms with E-state index in [0.29, 0.717) is 17.5 Å². The van der Waals surface area contributed by atoms with E-state index in [1.807, 2.05) is 0 Å². The summed E-state index contributed by atoms with van der Waals surface area (Å²) in [5.41, 5.74) is 0. The van der Waals surface area contributed by atoms with Crippen molar-refractivity contribution < 1.29 is 13.9 Å². The number of carbonyl (C=O) groups is 1. The van der Waals surface area contributed by atoms with Gasteiger partial charge >= 0.3 is 0 Å². The van der Waals surface area contributed by atoms with Crippen LogP contribution in [0.4, 0.5) is 9.52 Å². The summed E-state index contributed by atoms with van der Waals surface area (Å²) in [6.45, 7) is 5.99. The highest BCUT2D eigenvalue weighted by atomic mass is 32.1. The van der Waals surface area contributed by atoms with E-state index in [-0.39, 0.29) is 11.7 Å². The maximum Gasteiger partial charge on any atom is 0.267 e. The molecular weight excluding hydrogens is 317 g/mol. The van der Waals surface area contributed by atoms with Crippen molar-refractivity contribution >= 4 is 22.4 Å². The average Bonchev–Trinajstić information content (AvgIpc) is 2.92. The highest BCUT2D eigenvalue weighted by Crippen LogP contribution is 2.21. The van der Waals surface area contributed by atoms with Gasteiger partial charge in [0.25, 0.3) is 5.91 Å². The van der Waals surface area contributed by atoms with Crippen LogP contribution < -0.4 is 10.1 Å². The molecule has 1 aromatic carbocycles. The lowest BCUT2D eigenvalue weighted by atomic mass is 10.1. The third-order valence-corrected chi connectivity index (χ3v) is 3.91. The van der Waals surface area contributed by atoms with Crippen LogP contribution in [0, 0.1) is 11.7 Å². The second kappa shape index (κ2) is 8.01. The molecule has 0 spiro atoms. The summed E-state index contributed by atoms with van der Waals surface area (Å²) in [6, 6.07) is 6.02. The zero-order valence-corrected chi connectivity index (χ0v) is 14.2. The number of aromatic nitrogens is 2. The molecule has 0 saturated carbocycles. The van der Waals surface area contributed by atoms with E-state index < -0.39 is 11.9 Å². The van der Waals surface area contributed by atoms with Crippen molar-refractivity contribution in [3.63, 3.8) is 0 Å². The largest absolute Gasteiger partial charge is 0.478 e. The fraction of sp³-hybridized carbons (Fsp3) is 0.438. The molecule has 2 aromatic rings. The Hall–Kier alpha value is -2.02. The Kier molecular flexibility index (Phi) is 6.04. The van der Waals surface area contributed by atoms with Gasteiger partial charge in [0.05, 0.1) is 0 Å². The average molecular weight is 337 g/mol. The quantitative estimate of drug-likeness (QED) is 0.837. The first kappa shape index (κ1) is 17.3. The number of nitrogens with one attached hydrogen (secondary N) is 1. The number of carbonyl (C=O) groups excluding carboxylic acids is 1. The zero-order valence-electron chi connectivity index (χ0n) is 13.4. The van der Waals surface area contributed by atoms with Gasteiger partial charge in [-0.1, -0.05) is 44.2 Å². The van der Waals surface area contributed by atoms with E-state index in [9.17, 15) is 9.18 Å². The van der Waals surface area contributed by atoms with Crippen LogP contribution in [0.25, 0.3) is 0 Å². The van der Waals surface area contributed by atoms with Crippen LogP contribution in [0.3, 0.4) is 0 Å². The summed E-state index contributed by atoms with van der Waals surface area (Å²) in [7, 11) is 0. The van der Waals surface area contributed by atoms with E-state index in [0.717, 1.165) is 11.4 Å². The van der Waals surface area contributed by atoms with Crippen molar-refractivity contribution in [2.45, 2.75) is 39.7 Å². The minimum absolute atomic E-state index is 0.0623. The Morgan fingerprint density at radius 3 is 2.74 bits per heavy atom. The number of amides is 1. The summed E-state index contributed by atoms with van der Waals surface area (Å²) in [6.07, 6.45) is 0.443. The summed E-state index contributed by atoms with van der Waals surface area (Å²) < 4.78 is 19.1. The fourth-order valence-electron chi connectivity index (χ4n) is 1.94. The predicted octanol–water partition coefficient (Wildman–Crippen LogP) is 3.67. The lowest BCUT2D eigenvalue weighted by Crippen LogP contribution is -2.32. The monoisotopic (exact) mass is 337 g/mol. The van der Waals surface area contributed by atoms with Crippen molar-refractivity contribution in [1.29, 1.82) is 0 Å². The van der Waals surface area contributed by atoms with Crippen LogP contribution in [0.2, 0.25) is 0 Å². The molecule has 0 unspecified atom stereocenters. The van der Waals surface area contributed by atoms with Gasteiger partial charge in [0.2, 0.25) is 5.13 Å². The standard InChI is InChI=1S/C16H20FN3O2S/c1-4-12(22-13-8-6-5-7-11(13)17)15(21)18-16-20-19-14(23-16)9-10(2)3/h5-8,10,12H,4,9H2,1-3H3,(H,18,20,21)/t12-/m0/s1. The molecule has 0 bridgehead atoms. The van der Waals surface area contributed by atoms with E-state index in [2.05, 4.69) is 29.4 Å². The Labute approximate surface area is 138 Å². The Morgan fingerprint density at radius 2 is 2.09 bits per heavy atom. The van der Waals surface area contributed by atoms with E-state index in [4.69, 9.17) is 4.74 Å². The zero-order chi connectivity index (χ0) is 16.8. The van der Waals surface area contributed by atoms with Crippen molar-refractivity contribution in [1.82, 2.24) is 10.2 Å². The highest BCUT2D eigenvalue weighted by Gasteiger charge is 2.21. The molecule has 7 heteroatoms. The van der Waals surface area contributed by atoms with Gasteiger partial charge in [0, 0.05) is 6.42 Å². The fourth-order valence-corrected chi connectivity index (χ4v) is 2.89. The molecule has 1 amide bonds. The Balaban J connectivity index is 2.00. The first-order valence-electron chi connectivity index (χ1n) is 7.54. The molecule has 0 aliphatic rings. The SMILES string of the molecule is CC[C@H](Oc1ccccc1F)C(=O)Nc1nnc(CC(C)C)s1. The lowest BCUT2D eigenvalue weighted by molar-refractivity contribution is -0.122. The normalized spacial score (nSPS) is 12.2. The number of anilines is 1. The van der Waals surface area contributed by atoms with Crippen LogP contribution in [-0.4, -0.2) is 22.2 Å². The molecule has 1 heterocycles. The third-order valence-electron chi connectivity index (χ3n) is 3.05. The molecule has 1 aromatic heterocycles. The first-order valence-corrected chi connectivity index (χ1v) is 8.35. The van der Waals surface area contributed by atoms with Crippen molar-refractivity contribution in [3.05, 3.63) is 35.1 Å². The molecule has 23 heavy (non-hydrogen) atoms. The number of para-hydroxylation sites is 1. The van der Waals surface area contributed by atoms with Gasteiger partial charge in [-0.2, -0.15) is 0 Å². The third kappa shape index (κ3) is 4.99. The summed E-state index contributed by atoms with van der Waals surface area (Å²) in [4.78, 5) is 12.3. The van der Waals surface area contributed by atoms with Gasteiger partial charge in [-0.25, -0.2) is 4.39 Å². The van der Waals surface area contributed by atoms with Gasteiger partial charge in [-0.3, -0.25) is 10.1 Å². The van der Waals surface area contributed by atoms with Crippen LogP contribution in [-0.2, 0) is 11.2 Å². The first-order chi connectivity index (χ1) is 11.0. The van der Waals surface area contributed by atoms with Gasteiger partial charge in [0.1, 0.15) is 5.01 Å². The van der Waals surface area contributed by atoms with Crippen LogP contribution >= 0.6 is 11.3 Å². The molecular formula is C16H20FN3O2S. The van der Waals surface area contributed by atoms with E-state index in [1.54, 1.807) is 19.1 Å². The topological polar surface area (TPSA) is 64.1 Å². The molecule has 1 N–H and O–H groups in total. The maximum absolute atomic E-state index is 13.6. The molecule has 124 valence electrons. The lowest BCUT2D eigenvalue weighted by Gasteiger charge is -2.16. The summed E-state index contributed by atoms with van der Waals surface area (Å²) in [5.74, 6) is -0.316. The molecule has 0 aliphatic heterocycles. The van der Waals surface area contributed by atoms with Crippen LogP contribution in [0.1, 0.15) is 32.2 Å². The van der Waals surface area contributed by atoms with E-state index >= 15 is 0 Å². The smallest absolute Gasteiger partial charge is 0.267 e. The van der Waals surface area contributed by atoms with Crippen molar-refractivity contribution in [2.24, 2.45) is 5.92 Å². The molecule has 5 nitrogen and oxygen atoms in total. The second-order valence-corrected chi connectivity index (χ2v) is 6.60.